The van der Waals surface area contributed by atoms with Gasteiger partial charge in [-0.1, -0.05) is 46.4 Å². The lowest BCUT2D eigenvalue weighted by Gasteiger charge is -2.25. The van der Waals surface area contributed by atoms with Crippen molar-refractivity contribution in [2.24, 2.45) is 0 Å². The maximum absolute atomic E-state index is 14.0. The van der Waals surface area contributed by atoms with E-state index in [9.17, 15) is 13.6 Å². The van der Waals surface area contributed by atoms with E-state index in [2.05, 4.69) is 0 Å². The summed E-state index contributed by atoms with van der Waals surface area (Å²) in [5.41, 5.74) is -1.35. The molecule has 26 heavy (non-hydrogen) atoms. The summed E-state index contributed by atoms with van der Waals surface area (Å²) in [5.74, 6) is -1.43. The zero-order chi connectivity index (χ0) is 18.9. The zero-order valence-electron chi connectivity index (χ0n) is 13.3. The van der Waals surface area contributed by atoms with E-state index in [1.807, 2.05) is 0 Å². The van der Waals surface area contributed by atoms with E-state index in [0.29, 0.717) is 36.8 Å². The van der Waals surface area contributed by atoms with Gasteiger partial charge in [-0.05, 0) is 49.9 Å². The molecular weight excluding hydrogens is 424 g/mol. The second kappa shape index (κ2) is 6.07. The highest BCUT2D eigenvalue weighted by molar-refractivity contribution is 6.38. The van der Waals surface area contributed by atoms with Crippen LogP contribution in [-0.4, -0.2) is 5.78 Å². The molecule has 0 aliphatic heterocycles. The first-order valence-corrected chi connectivity index (χ1v) is 9.59. The molecule has 1 nitrogen and oxygen atoms in total. The van der Waals surface area contributed by atoms with Gasteiger partial charge in [0.25, 0.3) is 0 Å². The van der Waals surface area contributed by atoms with E-state index in [0.717, 1.165) is 0 Å². The second-order valence-corrected chi connectivity index (χ2v) is 8.50. The summed E-state index contributed by atoms with van der Waals surface area (Å²) in [4.78, 5) is 13.6. The number of hydrogen-bond acceptors (Lipinski definition) is 1. The maximum atomic E-state index is 14.0. The van der Waals surface area contributed by atoms with E-state index in [4.69, 9.17) is 46.4 Å². The van der Waals surface area contributed by atoms with Crippen molar-refractivity contribution in [3.8, 4) is 0 Å². The third kappa shape index (κ3) is 2.51. The lowest BCUT2D eigenvalue weighted by Crippen LogP contribution is -2.33. The molecular formula is C19H12Cl4F2O. The van der Waals surface area contributed by atoms with Crippen LogP contribution in [0.15, 0.2) is 24.3 Å². The Bertz CT molecular complexity index is 874. The van der Waals surface area contributed by atoms with Gasteiger partial charge in [-0.2, -0.15) is 0 Å². The van der Waals surface area contributed by atoms with Crippen molar-refractivity contribution in [1.82, 2.24) is 0 Å². The molecule has 2 aliphatic carbocycles. The van der Waals surface area contributed by atoms with Crippen molar-refractivity contribution in [3.63, 3.8) is 0 Å². The van der Waals surface area contributed by atoms with Crippen LogP contribution < -0.4 is 0 Å². The molecule has 0 heterocycles. The first kappa shape index (κ1) is 18.5. The highest BCUT2D eigenvalue weighted by Crippen LogP contribution is 2.64. The molecule has 0 amide bonds. The topological polar surface area (TPSA) is 17.1 Å². The first-order chi connectivity index (χ1) is 12.2. The Labute approximate surface area is 169 Å². The zero-order valence-corrected chi connectivity index (χ0v) is 16.3. The average molecular weight is 436 g/mol. The molecule has 0 spiro atoms. The van der Waals surface area contributed by atoms with Gasteiger partial charge in [-0.3, -0.25) is 4.79 Å². The van der Waals surface area contributed by atoms with Gasteiger partial charge in [0.05, 0.1) is 20.9 Å². The average Bonchev–Trinajstić information content (AvgIpc) is 3.50. The summed E-state index contributed by atoms with van der Waals surface area (Å²) < 4.78 is 28.0. The molecule has 2 aliphatic rings. The second-order valence-electron chi connectivity index (χ2n) is 6.93. The molecule has 0 aromatic heterocycles. The third-order valence-electron chi connectivity index (χ3n) is 5.41. The van der Waals surface area contributed by atoms with E-state index in [1.165, 1.54) is 24.3 Å². The SMILES string of the molecule is O=C(C1(c2c(Cl)ccc(F)c2Cl)CC1)C1(c2c(Cl)ccc(F)c2Cl)CC1. The smallest absolute Gasteiger partial charge is 0.154 e. The van der Waals surface area contributed by atoms with E-state index < -0.39 is 22.5 Å². The largest absolute Gasteiger partial charge is 0.298 e. The van der Waals surface area contributed by atoms with E-state index in [-0.39, 0.29) is 25.9 Å². The number of ketones is 1. The molecule has 2 aromatic carbocycles. The van der Waals surface area contributed by atoms with Gasteiger partial charge >= 0.3 is 0 Å². The van der Waals surface area contributed by atoms with Crippen LogP contribution in [0, 0.1) is 11.6 Å². The Balaban J connectivity index is 1.85. The normalized spacial score (nSPS) is 19.3. The van der Waals surface area contributed by atoms with Gasteiger partial charge in [0.15, 0.2) is 5.78 Å². The fourth-order valence-electron chi connectivity index (χ4n) is 3.82. The quantitative estimate of drug-likeness (QED) is 0.476. The predicted octanol–water partition coefficient (Wildman–Crippen LogP) is 6.91. The summed E-state index contributed by atoms with van der Waals surface area (Å²) in [6, 6.07) is 5.13. The maximum Gasteiger partial charge on any atom is 0.154 e. The van der Waals surface area contributed by atoms with Crippen LogP contribution in [0.4, 0.5) is 8.78 Å². The van der Waals surface area contributed by atoms with Gasteiger partial charge in [-0.25, -0.2) is 8.78 Å². The Morgan fingerprint density at radius 1 is 0.731 bits per heavy atom. The van der Waals surface area contributed by atoms with Gasteiger partial charge in [-0.15, -0.1) is 0 Å². The van der Waals surface area contributed by atoms with Crippen molar-refractivity contribution >= 4 is 52.2 Å². The Hall–Kier alpha value is -0.870. The van der Waals surface area contributed by atoms with Crippen LogP contribution in [0.25, 0.3) is 0 Å². The van der Waals surface area contributed by atoms with Crippen molar-refractivity contribution < 1.29 is 13.6 Å². The fourth-order valence-corrected chi connectivity index (χ4v) is 5.29. The number of benzene rings is 2. The molecule has 2 aromatic rings. The summed E-state index contributed by atoms with van der Waals surface area (Å²) in [6.45, 7) is 0. The number of Topliss-reactive ketones (excluding diaryl/α,β-unsaturated/α-hetero) is 1. The molecule has 0 atom stereocenters. The van der Waals surface area contributed by atoms with Crippen LogP contribution in [0.1, 0.15) is 36.8 Å². The van der Waals surface area contributed by atoms with Crippen LogP contribution in [-0.2, 0) is 15.6 Å². The van der Waals surface area contributed by atoms with Gasteiger partial charge in [0, 0.05) is 21.2 Å². The molecule has 7 heteroatoms. The van der Waals surface area contributed by atoms with Crippen LogP contribution >= 0.6 is 46.4 Å². The van der Waals surface area contributed by atoms with Crippen molar-refractivity contribution in [3.05, 3.63) is 67.1 Å². The third-order valence-corrected chi connectivity index (χ3v) is 6.78. The fraction of sp³-hybridized carbons (Fsp3) is 0.316. The Kier molecular flexibility index (Phi) is 4.31. The van der Waals surface area contributed by atoms with Crippen molar-refractivity contribution in [2.45, 2.75) is 36.5 Å². The molecule has 2 saturated carbocycles. The highest BCUT2D eigenvalue weighted by atomic mass is 35.5. The number of halogens is 6. The number of carbonyl (C=O) groups excluding carboxylic acids is 1. The van der Waals surface area contributed by atoms with Crippen LogP contribution in [0.5, 0.6) is 0 Å². The molecule has 136 valence electrons. The Morgan fingerprint density at radius 3 is 1.38 bits per heavy atom. The lowest BCUT2D eigenvalue weighted by molar-refractivity contribution is -0.124. The van der Waals surface area contributed by atoms with E-state index >= 15 is 0 Å². The minimum atomic E-state index is -0.980. The van der Waals surface area contributed by atoms with Crippen molar-refractivity contribution in [2.75, 3.05) is 0 Å². The predicted molar refractivity (Wildman–Crippen MR) is 99.7 cm³/mol. The molecule has 2 fully saturated rings. The minimum Gasteiger partial charge on any atom is -0.298 e. The molecule has 0 N–H and O–H groups in total. The van der Waals surface area contributed by atoms with Gasteiger partial charge in [0.2, 0.25) is 0 Å². The first-order valence-electron chi connectivity index (χ1n) is 8.07. The summed E-state index contributed by atoms with van der Waals surface area (Å²) >= 11 is 24.8. The standard InChI is InChI=1S/C19H12Cl4F2O/c20-9-1-3-11(24)15(22)13(9)18(5-6-18)17(26)19(7-8-19)14-10(21)2-4-12(25)16(14)23/h1-4H,5-8H2. The Morgan fingerprint density at radius 2 is 1.08 bits per heavy atom. The number of rotatable bonds is 4. The molecule has 0 saturated heterocycles. The van der Waals surface area contributed by atoms with Gasteiger partial charge in [0.1, 0.15) is 11.6 Å². The summed E-state index contributed by atoms with van der Waals surface area (Å²) in [7, 11) is 0. The lowest BCUT2D eigenvalue weighted by atomic mass is 9.78. The molecule has 0 unspecified atom stereocenters. The summed E-state index contributed by atoms with van der Waals surface area (Å²) in [6.07, 6.45) is 2.00. The monoisotopic (exact) mass is 434 g/mol. The highest BCUT2D eigenvalue weighted by Gasteiger charge is 2.65. The van der Waals surface area contributed by atoms with Crippen LogP contribution in [0.2, 0.25) is 20.1 Å². The van der Waals surface area contributed by atoms with Crippen molar-refractivity contribution in [1.29, 1.82) is 0 Å². The minimum absolute atomic E-state index is 0.143. The van der Waals surface area contributed by atoms with Crippen LogP contribution in [0.3, 0.4) is 0 Å². The molecule has 0 bridgehead atoms. The summed E-state index contributed by atoms with van der Waals surface area (Å²) in [5, 5.41) is 0.204. The number of hydrogen-bond donors (Lipinski definition) is 0. The molecule has 4 rings (SSSR count). The van der Waals surface area contributed by atoms with Gasteiger partial charge < -0.3 is 0 Å². The van der Waals surface area contributed by atoms with E-state index in [1.54, 1.807) is 0 Å². The molecule has 0 radical (unpaired) electrons. The number of carbonyl (C=O) groups is 1.